The SMILES string of the molecule is COc1ccccc1CN(C)c1cc(Cl)ccc1CN. The van der Waals surface area contributed by atoms with Crippen LogP contribution in [-0.2, 0) is 13.1 Å². The zero-order valence-electron chi connectivity index (χ0n) is 11.8. The van der Waals surface area contributed by atoms with E-state index in [1.165, 1.54) is 0 Å². The molecule has 2 aromatic rings. The first-order valence-electron chi connectivity index (χ1n) is 6.47. The van der Waals surface area contributed by atoms with E-state index in [4.69, 9.17) is 22.1 Å². The van der Waals surface area contributed by atoms with Crippen molar-refractivity contribution in [3.63, 3.8) is 0 Å². The first kappa shape index (κ1) is 14.7. The van der Waals surface area contributed by atoms with Crippen LogP contribution in [0.4, 0.5) is 5.69 Å². The Morgan fingerprint density at radius 2 is 1.90 bits per heavy atom. The van der Waals surface area contributed by atoms with E-state index in [2.05, 4.69) is 11.0 Å². The van der Waals surface area contributed by atoms with Crippen molar-refractivity contribution in [2.75, 3.05) is 19.1 Å². The number of ether oxygens (including phenoxy) is 1. The largest absolute Gasteiger partial charge is 0.496 e. The molecule has 20 heavy (non-hydrogen) atoms. The van der Waals surface area contributed by atoms with Crippen LogP contribution in [0.5, 0.6) is 5.75 Å². The fourth-order valence-electron chi connectivity index (χ4n) is 2.24. The van der Waals surface area contributed by atoms with Crippen molar-refractivity contribution in [2.24, 2.45) is 5.73 Å². The molecule has 0 spiro atoms. The quantitative estimate of drug-likeness (QED) is 0.917. The molecule has 0 radical (unpaired) electrons. The summed E-state index contributed by atoms with van der Waals surface area (Å²) in [6.45, 7) is 1.22. The average molecular weight is 291 g/mol. The highest BCUT2D eigenvalue weighted by Crippen LogP contribution is 2.27. The fourth-order valence-corrected chi connectivity index (χ4v) is 2.41. The van der Waals surface area contributed by atoms with Crippen LogP contribution in [-0.4, -0.2) is 14.2 Å². The third-order valence-corrected chi connectivity index (χ3v) is 3.51. The van der Waals surface area contributed by atoms with E-state index < -0.39 is 0 Å². The van der Waals surface area contributed by atoms with Gasteiger partial charge in [-0.3, -0.25) is 0 Å². The summed E-state index contributed by atoms with van der Waals surface area (Å²) in [5.74, 6) is 0.885. The maximum absolute atomic E-state index is 6.09. The van der Waals surface area contributed by atoms with Crippen LogP contribution in [0.1, 0.15) is 11.1 Å². The van der Waals surface area contributed by atoms with Crippen LogP contribution in [0.25, 0.3) is 0 Å². The lowest BCUT2D eigenvalue weighted by atomic mass is 10.1. The minimum atomic E-state index is 0.489. The van der Waals surface area contributed by atoms with Gasteiger partial charge in [0.05, 0.1) is 7.11 Å². The van der Waals surface area contributed by atoms with E-state index in [0.717, 1.165) is 29.1 Å². The van der Waals surface area contributed by atoms with Crippen LogP contribution in [0, 0.1) is 0 Å². The maximum atomic E-state index is 6.09. The second kappa shape index (κ2) is 6.64. The molecule has 0 bridgehead atoms. The standard InChI is InChI=1S/C16H19ClN2O/c1-19(11-13-5-3-4-6-16(13)20-2)15-9-14(17)8-7-12(15)10-18/h3-9H,10-11,18H2,1-2H3. The molecule has 0 aliphatic heterocycles. The van der Waals surface area contributed by atoms with E-state index in [1.54, 1.807) is 7.11 Å². The minimum Gasteiger partial charge on any atom is -0.496 e. The first-order chi connectivity index (χ1) is 9.65. The lowest BCUT2D eigenvalue weighted by Crippen LogP contribution is -2.19. The van der Waals surface area contributed by atoms with Gasteiger partial charge in [0.15, 0.2) is 0 Å². The summed E-state index contributed by atoms with van der Waals surface area (Å²) < 4.78 is 5.38. The monoisotopic (exact) mass is 290 g/mol. The number of benzene rings is 2. The molecule has 0 unspecified atom stereocenters. The molecule has 2 aromatic carbocycles. The molecule has 0 aliphatic rings. The second-order valence-corrected chi connectivity index (χ2v) is 5.08. The predicted octanol–water partition coefficient (Wildman–Crippen LogP) is 3.44. The summed E-state index contributed by atoms with van der Waals surface area (Å²) in [6.07, 6.45) is 0. The van der Waals surface area contributed by atoms with E-state index in [9.17, 15) is 0 Å². The van der Waals surface area contributed by atoms with Crippen LogP contribution >= 0.6 is 11.6 Å². The zero-order valence-corrected chi connectivity index (χ0v) is 12.5. The third-order valence-electron chi connectivity index (χ3n) is 3.28. The minimum absolute atomic E-state index is 0.489. The number of rotatable bonds is 5. The van der Waals surface area contributed by atoms with Gasteiger partial charge in [0.2, 0.25) is 0 Å². The second-order valence-electron chi connectivity index (χ2n) is 4.65. The molecular formula is C16H19ClN2O. The Labute approximate surface area is 124 Å². The summed E-state index contributed by atoms with van der Waals surface area (Å²) in [7, 11) is 3.71. The molecule has 0 saturated carbocycles. The van der Waals surface area contributed by atoms with Gasteiger partial charge in [-0.05, 0) is 23.8 Å². The van der Waals surface area contributed by atoms with Gasteiger partial charge in [0.1, 0.15) is 5.75 Å². The topological polar surface area (TPSA) is 38.5 Å². The first-order valence-corrected chi connectivity index (χ1v) is 6.85. The maximum Gasteiger partial charge on any atom is 0.123 e. The molecule has 2 N–H and O–H groups in total. The molecule has 0 amide bonds. The van der Waals surface area contributed by atoms with E-state index >= 15 is 0 Å². The van der Waals surface area contributed by atoms with Crippen LogP contribution in [0.15, 0.2) is 42.5 Å². The van der Waals surface area contributed by atoms with Crippen molar-refractivity contribution >= 4 is 17.3 Å². The Bertz CT molecular complexity index is 586. The Hall–Kier alpha value is -1.71. The summed E-state index contributed by atoms with van der Waals surface area (Å²) in [5.41, 5.74) is 9.04. The molecule has 0 saturated heterocycles. The Morgan fingerprint density at radius 1 is 1.15 bits per heavy atom. The molecule has 4 heteroatoms. The molecule has 0 heterocycles. The number of methoxy groups -OCH3 is 1. The van der Waals surface area contributed by atoms with Crippen molar-refractivity contribution in [2.45, 2.75) is 13.1 Å². The summed E-state index contributed by atoms with van der Waals surface area (Å²) in [5, 5.41) is 0.712. The average Bonchev–Trinajstić information content (AvgIpc) is 2.47. The van der Waals surface area contributed by atoms with Crippen LogP contribution in [0.3, 0.4) is 0 Å². The Morgan fingerprint density at radius 3 is 2.60 bits per heavy atom. The zero-order chi connectivity index (χ0) is 14.5. The number of nitrogens with two attached hydrogens (primary N) is 1. The van der Waals surface area contributed by atoms with Gasteiger partial charge < -0.3 is 15.4 Å². The van der Waals surface area contributed by atoms with Crippen molar-refractivity contribution < 1.29 is 4.74 Å². The lowest BCUT2D eigenvalue weighted by Gasteiger charge is -2.23. The van der Waals surface area contributed by atoms with Gasteiger partial charge in [0.25, 0.3) is 0 Å². The summed E-state index contributed by atoms with van der Waals surface area (Å²) in [4.78, 5) is 2.13. The van der Waals surface area contributed by atoms with Crippen LogP contribution < -0.4 is 15.4 Å². The van der Waals surface area contributed by atoms with Crippen molar-refractivity contribution in [1.82, 2.24) is 0 Å². The number of para-hydroxylation sites is 1. The van der Waals surface area contributed by atoms with Crippen molar-refractivity contribution in [1.29, 1.82) is 0 Å². The summed E-state index contributed by atoms with van der Waals surface area (Å²) >= 11 is 6.09. The molecule has 106 valence electrons. The van der Waals surface area contributed by atoms with E-state index in [0.29, 0.717) is 11.6 Å². The fraction of sp³-hybridized carbons (Fsp3) is 0.250. The number of anilines is 1. The molecule has 0 aliphatic carbocycles. The summed E-state index contributed by atoms with van der Waals surface area (Å²) in [6, 6.07) is 13.8. The van der Waals surface area contributed by atoms with Crippen molar-refractivity contribution in [3.8, 4) is 5.75 Å². The van der Waals surface area contributed by atoms with Crippen LogP contribution in [0.2, 0.25) is 5.02 Å². The van der Waals surface area contributed by atoms with Gasteiger partial charge in [-0.1, -0.05) is 35.9 Å². The molecule has 2 rings (SSSR count). The number of halogens is 1. The lowest BCUT2D eigenvalue weighted by molar-refractivity contribution is 0.409. The molecule has 3 nitrogen and oxygen atoms in total. The number of hydrogen-bond acceptors (Lipinski definition) is 3. The van der Waals surface area contributed by atoms with Gasteiger partial charge >= 0.3 is 0 Å². The van der Waals surface area contributed by atoms with Gasteiger partial charge in [-0.25, -0.2) is 0 Å². The highest BCUT2D eigenvalue weighted by Gasteiger charge is 2.10. The van der Waals surface area contributed by atoms with E-state index in [1.807, 2.05) is 43.4 Å². The van der Waals surface area contributed by atoms with Gasteiger partial charge in [-0.2, -0.15) is 0 Å². The Balaban J connectivity index is 2.28. The number of nitrogens with zero attached hydrogens (tertiary/aromatic N) is 1. The van der Waals surface area contributed by atoms with E-state index in [-0.39, 0.29) is 0 Å². The van der Waals surface area contributed by atoms with Gasteiger partial charge in [-0.15, -0.1) is 0 Å². The molecular weight excluding hydrogens is 272 g/mol. The highest BCUT2D eigenvalue weighted by molar-refractivity contribution is 6.30. The predicted molar refractivity (Wildman–Crippen MR) is 84.4 cm³/mol. The van der Waals surface area contributed by atoms with Gasteiger partial charge in [0, 0.05) is 36.4 Å². The highest BCUT2D eigenvalue weighted by atomic mass is 35.5. The Kier molecular flexibility index (Phi) is 4.88. The normalized spacial score (nSPS) is 10.4. The smallest absolute Gasteiger partial charge is 0.123 e. The molecule has 0 aromatic heterocycles. The third kappa shape index (κ3) is 3.24. The molecule has 0 atom stereocenters. The molecule has 0 fully saturated rings. The number of hydrogen-bond donors (Lipinski definition) is 1. The van der Waals surface area contributed by atoms with Crippen molar-refractivity contribution in [3.05, 3.63) is 58.6 Å².